The van der Waals surface area contributed by atoms with E-state index in [1.807, 2.05) is 13.1 Å². The molecule has 3 nitrogen and oxygen atoms in total. The molecule has 102 valence electrons. The van der Waals surface area contributed by atoms with E-state index in [1.54, 1.807) is 6.26 Å². The Morgan fingerprint density at radius 1 is 1.47 bits per heavy atom. The number of halogens is 3. The van der Waals surface area contributed by atoms with E-state index >= 15 is 0 Å². The molecule has 0 radical (unpaired) electrons. The molecule has 19 heavy (non-hydrogen) atoms. The summed E-state index contributed by atoms with van der Waals surface area (Å²) in [6, 6.07) is 4.57. The molecule has 2 aromatic rings. The third-order valence-corrected chi connectivity index (χ3v) is 3.45. The third-order valence-electron chi connectivity index (χ3n) is 2.54. The highest BCUT2D eigenvalue weighted by atomic mass is 79.9. The fraction of sp³-hybridized carbons (Fsp3) is 0.231. The van der Waals surface area contributed by atoms with Crippen molar-refractivity contribution in [3.63, 3.8) is 0 Å². The first kappa shape index (κ1) is 14.4. The van der Waals surface area contributed by atoms with Gasteiger partial charge in [-0.3, -0.25) is 0 Å². The van der Waals surface area contributed by atoms with Crippen LogP contribution < -0.4 is 10.1 Å². The molecule has 0 saturated carbocycles. The average molecular weight is 349 g/mol. The molecule has 0 aliphatic heterocycles. The summed E-state index contributed by atoms with van der Waals surface area (Å²) < 4.78 is 24.8. The fourth-order valence-corrected chi connectivity index (χ4v) is 2.35. The van der Waals surface area contributed by atoms with Crippen LogP contribution in [0.15, 0.2) is 33.4 Å². The SMILES string of the molecule is CNCc1ccoc1COc1cc(F)c(Cl)cc1Br. The molecule has 0 spiro atoms. The molecule has 0 fully saturated rings. The molecule has 6 heteroatoms. The second-order valence-corrected chi connectivity index (χ2v) is 5.15. The minimum absolute atomic E-state index is 0.0492. The maximum Gasteiger partial charge on any atom is 0.146 e. The molecule has 1 aromatic carbocycles. The van der Waals surface area contributed by atoms with Crippen molar-refractivity contribution in [2.45, 2.75) is 13.2 Å². The van der Waals surface area contributed by atoms with Crippen LogP contribution in [0.2, 0.25) is 5.02 Å². The maximum atomic E-state index is 13.4. The number of benzene rings is 1. The van der Waals surface area contributed by atoms with Gasteiger partial charge in [-0.15, -0.1) is 0 Å². The van der Waals surface area contributed by atoms with Crippen molar-refractivity contribution in [2.75, 3.05) is 7.05 Å². The van der Waals surface area contributed by atoms with E-state index in [2.05, 4.69) is 21.2 Å². The number of furan rings is 1. The lowest BCUT2D eigenvalue weighted by Gasteiger charge is -2.09. The van der Waals surface area contributed by atoms with Gasteiger partial charge in [0.2, 0.25) is 0 Å². The lowest BCUT2D eigenvalue weighted by atomic mass is 10.2. The number of rotatable bonds is 5. The molecule has 2 rings (SSSR count). The van der Waals surface area contributed by atoms with Crippen molar-refractivity contribution in [1.82, 2.24) is 5.32 Å². The van der Waals surface area contributed by atoms with Crippen LogP contribution in [0.1, 0.15) is 11.3 Å². The van der Waals surface area contributed by atoms with Crippen molar-refractivity contribution >= 4 is 27.5 Å². The van der Waals surface area contributed by atoms with Crippen LogP contribution in [0.4, 0.5) is 4.39 Å². The maximum absolute atomic E-state index is 13.4. The highest BCUT2D eigenvalue weighted by Crippen LogP contribution is 2.31. The number of hydrogen-bond acceptors (Lipinski definition) is 3. The summed E-state index contributed by atoms with van der Waals surface area (Å²) in [4.78, 5) is 0. The molecule has 0 aliphatic rings. The lowest BCUT2D eigenvalue weighted by Crippen LogP contribution is -2.07. The zero-order chi connectivity index (χ0) is 13.8. The van der Waals surface area contributed by atoms with Crippen LogP contribution in [-0.2, 0) is 13.2 Å². The third kappa shape index (κ3) is 3.49. The molecule has 0 saturated heterocycles. The summed E-state index contributed by atoms with van der Waals surface area (Å²) in [5.41, 5.74) is 1.01. The van der Waals surface area contributed by atoms with Gasteiger partial charge in [0.25, 0.3) is 0 Å². The highest BCUT2D eigenvalue weighted by molar-refractivity contribution is 9.10. The van der Waals surface area contributed by atoms with Gasteiger partial charge in [0, 0.05) is 18.2 Å². The van der Waals surface area contributed by atoms with E-state index < -0.39 is 5.82 Å². The molecular weight excluding hydrogens is 337 g/mol. The second kappa shape index (κ2) is 6.41. The Morgan fingerprint density at radius 3 is 3.00 bits per heavy atom. The standard InChI is InChI=1S/C13H12BrClFNO2/c1-17-6-8-2-3-18-13(8)7-19-12-5-11(16)10(15)4-9(12)14/h2-5,17H,6-7H2,1H3. The normalized spacial score (nSPS) is 10.7. The Morgan fingerprint density at radius 2 is 2.26 bits per heavy atom. The van der Waals surface area contributed by atoms with Crippen LogP contribution in [-0.4, -0.2) is 7.05 Å². The zero-order valence-corrected chi connectivity index (χ0v) is 12.5. The van der Waals surface area contributed by atoms with Gasteiger partial charge in [0.1, 0.15) is 23.9 Å². The van der Waals surface area contributed by atoms with E-state index in [-0.39, 0.29) is 11.6 Å². The molecule has 0 aliphatic carbocycles. The Hall–Kier alpha value is -1.04. The van der Waals surface area contributed by atoms with Crippen LogP contribution in [0, 0.1) is 5.82 Å². The van der Waals surface area contributed by atoms with Crippen LogP contribution in [0.5, 0.6) is 5.75 Å². The Balaban J connectivity index is 2.10. The second-order valence-electron chi connectivity index (χ2n) is 3.88. The largest absolute Gasteiger partial charge is 0.484 e. The predicted molar refractivity (Wildman–Crippen MR) is 74.9 cm³/mol. The van der Waals surface area contributed by atoms with Crippen LogP contribution >= 0.6 is 27.5 Å². The predicted octanol–water partition coefficient (Wildman–Crippen LogP) is 4.13. The summed E-state index contributed by atoms with van der Waals surface area (Å²) in [5.74, 6) is 0.570. The Bertz CT molecular complexity index is 574. The van der Waals surface area contributed by atoms with Gasteiger partial charge in [-0.05, 0) is 35.1 Å². The number of ether oxygens (including phenoxy) is 1. The van der Waals surface area contributed by atoms with Gasteiger partial charge in [0.15, 0.2) is 0 Å². The molecule has 1 N–H and O–H groups in total. The summed E-state index contributed by atoms with van der Waals surface area (Å²) in [6.07, 6.45) is 1.60. The Kier molecular flexibility index (Phi) is 4.85. The minimum Gasteiger partial charge on any atom is -0.484 e. The fourth-order valence-electron chi connectivity index (χ4n) is 1.60. The molecule has 0 unspecified atom stereocenters. The molecule has 0 atom stereocenters. The number of nitrogens with one attached hydrogen (secondary N) is 1. The first-order valence-corrected chi connectivity index (χ1v) is 6.76. The van der Waals surface area contributed by atoms with Crippen molar-refractivity contribution in [3.05, 3.63) is 51.1 Å². The molecule has 0 bridgehead atoms. The first-order valence-electron chi connectivity index (χ1n) is 5.59. The van der Waals surface area contributed by atoms with Gasteiger partial charge in [-0.1, -0.05) is 11.6 Å². The van der Waals surface area contributed by atoms with E-state index in [9.17, 15) is 4.39 Å². The van der Waals surface area contributed by atoms with Crippen molar-refractivity contribution in [1.29, 1.82) is 0 Å². The van der Waals surface area contributed by atoms with E-state index in [4.69, 9.17) is 20.8 Å². The summed E-state index contributed by atoms with van der Waals surface area (Å²) in [7, 11) is 1.85. The summed E-state index contributed by atoms with van der Waals surface area (Å²) >= 11 is 8.94. The summed E-state index contributed by atoms with van der Waals surface area (Å²) in [6.45, 7) is 0.912. The van der Waals surface area contributed by atoms with Gasteiger partial charge >= 0.3 is 0 Å². The van der Waals surface area contributed by atoms with Crippen LogP contribution in [0.25, 0.3) is 0 Å². The zero-order valence-electron chi connectivity index (χ0n) is 10.2. The first-order chi connectivity index (χ1) is 9.11. The average Bonchev–Trinajstić information content (AvgIpc) is 2.80. The van der Waals surface area contributed by atoms with Gasteiger partial charge in [-0.25, -0.2) is 4.39 Å². The monoisotopic (exact) mass is 347 g/mol. The smallest absolute Gasteiger partial charge is 0.146 e. The Labute approximate surface area is 123 Å². The summed E-state index contributed by atoms with van der Waals surface area (Å²) in [5, 5.41) is 3.08. The molecule has 0 amide bonds. The van der Waals surface area contributed by atoms with E-state index in [0.717, 1.165) is 5.56 Å². The molecule has 1 heterocycles. The van der Waals surface area contributed by atoms with Gasteiger partial charge in [-0.2, -0.15) is 0 Å². The highest BCUT2D eigenvalue weighted by Gasteiger charge is 2.11. The van der Waals surface area contributed by atoms with Gasteiger partial charge in [0.05, 0.1) is 15.8 Å². The van der Waals surface area contributed by atoms with Crippen molar-refractivity contribution in [3.8, 4) is 5.75 Å². The topological polar surface area (TPSA) is 34.4 Å². The lowest BCUT2D eigenvalue weighted by molar-refractivity contribution is 0.265. The quantitative estimate of drug-likeness (QED) is 0.825. The number of hydrogen-bond donors (Lipinski definition) is 1. The van der Waals surface area contributed by atoms with E-state index in [0.29, 0.717) is 22.5 Å². The van der Waals surface area contributed by atoms with E-state index in [1.165, 1.54) is 12.1 Å². The van der Waals surface area contributed by atoms with Gasteiger partial charge < -0.3 is 14.5 Å². The molecular formula is C13H12BrClFNO2. The van der Waals surface area contributed by atoms with Crippen molar-refractivity contribution < 1.29 is 13.5 Å². The minimum atomic E-state index is -0.519. The molecule has 1 aromatic heterocycles. The van der Waals surface area contributed by atoms with Crippen molar-refractivity contribution in [2.24, 2.45) is 0 Å². The van der Waals surface area contributed by atoms with Crippen LogP contribution in [0.3, 0.4) is 0 Å².